The quantitative estimate of drug-likeness (QED) is 0.828. The van der Waals surface area contributed by atoms with Gasteiger partial charge in [-0.1, -0.05) is 30.0 Å². The van der Waals surface area contributed by atoms with Gasteiger partial charge in [-0.15, -0.1) is 0 Å². The third-order valence-corrected chi connectivity index (χ3v) is 5.13. The first-order valence-electron chi connectivity index (χ1n) is 7.95. The van der Waals surface area contributed by atoms with E-state index in [1.807, 2.05) is 6.92 Å². The first-order valence-corrected chi connectivity index (χ1v) is 8.76. The van der Waals surface area contributed by atoms with Crippen LogP contribution in [0.5, 0.6) is 0 Å². The molecule has 2 amide bonds. The Hall–Kier alpha value is -1.89. The molecule has 0 aliphatic carbocycles. The van der Waals surface area contributed by atoms with Crippen molar-refractivity contribution in [2.45, 2.75) is 44.4 Å². The van der Waals surface area contributed by atoms with Crippen molar-refractivity contribution >= 4 is 28.7 Å². The number of rotatable bonds is 6. The smallest absolute Gasteiger partial charge is 0.242 e. The number of hydrogen-bond donors (Lipinski definition) is 2. The molecule has 2 atom stereocenters. The Morgan fingerprint density at radius 1 is 1.46 bits per heavy atom. The van der Waals surface area contributed by atoms with Crippen molar-refractivity contribution in [1.82, 2.24) is 10.6 Å². The van der Waals surface area contributed by atoms with E-state index in [4.69, 9.17) is 0 Å². The zero-order chi connectivity index (χ0) is 17.7. The highest BCUT2D eigenvalue weighted by Crippen LogP contribution is 2.36. The molecule has 0 spiro atoms. The van der Waals surface area contributed by atoms with Gasteiger partial charge in [-0.25, -0.2) is 4.39 Å². The second-order valence-electron chi connectivity index (χ2n) is 5.87. The maximum absolute atomic E-state index is 13.8. The number of aliphatic imine (C=N–C) groups is 1. The molecule has 130 valence electrons. The normalized spacial score (nSPS) is 23.2. The van der Waals surface area contributed by atoms with Gasteiger partial charge in [-0.3, -0.25) is 14.6 Å². The van der Waals surface area contributed by atoms with E-state index >= 15 is 0 Å². The number of nitrogens with zero attached hydrogens (tertiary/aromatic N) is 1. The van der Waals surface area contributed by atoms with Crippen LogP contribution in [0.25, 0.3) is 0 Å². The number of amidine groups is 1. The maximum Gasteiger partial charge on any atom is 0.242 e. The van der Waals surface area contributed by atoms with Crippen LogP contribution in [0, 0.1) is 5.82 Å². The summed E-state index contributed by atoms with van der Waals surface area (Å²) in [5.41, 5.74) is 0.482. The average molecular weight is 351 g/mol. The summed E-state index contributed by atoms with van der Waals surface area (Å²) in [5, 5.41) is 5.93. The van der Waals surface area contributed by atoms with Gasteiger partial charge in [-0.2, -0.15) is 0 Å². The van der Waals surface area contributed by atoms with Gasteiger partial charge in [0.1, 0.15) is 10.6 Å². The van der Waals surface area contributed by atoms with Crippen LogP contribution >= 0.6 is 11.8 Å². The topological polar surface area (TPSA) is 70.6 Å². The van der Waals surface area contributed by atoms with Gasteiger partial charge in [0, 0.05) is 18.5 Å². The van der Waals surface area contributed by atoms with E-state index in [0.717, 1.165) is 0 Å². The molecule has 1 aliphatic rings. The van der Waals surface area contributed by atoms with Crippen LogP contribution in [0.15, 0.2) is 29.3 Å². The summed E-state index contributed by atoms with van der Waals surface area (Å²) >= 11 is 1.30. The number of carbonyl (C=O) groups excluding carboxylic acids is 2. The average Bonchev–Trinajstić information content (AvgIpc) is 2.80. The molecule has 24 heavy (non-hydrogen) atoms. The third-order valence-electron chi connectivity index (χ3n) is 3.89. The fourth-order valence-corrected chi connectivity index (χ4v) is 3.56. The minimum atomic E-state index is -0.737. The summed E-state index contributed by atoms with van der Waals surface area (Å²) < 4.78 is 13.1. The van der Waals surface area contributed by atoms with Gasteiger partial charge in [0.25, 0.3) is 0 Å². The van der Waals surface area contributed by atoms with E-state index < -0.39 is 10.8 Å². The van der Waals surface area contributed by atoms with Crippen LogP contribution in [0.3, 0.4) is 0 Å². The van der Waals surface area contributed by atoms with Crippen LogP contribution < -0.4 is 10.6 Å². The Morgan fingerprint density at radius 2 is 2.17 bits per heavy atom. The first-order chi connectivity index (χ1) is 11.4. The highest BCUT2D eigenvalue weighted by molar-refractivity contribution is 8.16. The zero-order valence-corrected chi connectivity index (χ0v) is 14.9. The van der Waals surface area contributed by atoms with Gasteiger partial charge in [0.15, 0.2) is 5.17 Å². The molecular weight excluding hydrogens is 329 g/mol. The number of nitrogens with one attached hydrogen (secondary N) is 2. The zero-order valence-electron chi connectivity index (χ0n) is 14.1. The summed E-state index contributed by atoms with van der Waals surface area (Å²) in [6.07, 6.45) is 0.698. The molecule has 7 heteroatoms. The van der Waals surface area contributed by atoms with Crippen LogP contribution in [-0.4, -0.2) is 28.3 Å². The lowest BCUT2D eigenvalue weighted by Gasteiger charge is -2.17. The van der Waals surface area contributed by atoms with Gasteiger partial charge in [0.05, 0.1) is 6.04 Å². The number of thioether (sulfide) groups is 1. The molecule has 2 N–H and O–H groups in total. The SMILES string of the molecule is CCNC(=O)CC[C@]1(C)SC(=N[C@@H](C)c2ccccc2F)NC1=O. The van der Waals surface area contributed by atoms with Crippen LogP contribution in [-0.2, 0) is 9.59 Å². The second-order valence-corrected chi connectivity index (χ2v) is 7.36. The molecular formula is C17H22FN3O2S. The molecule has 0 saturated carbocycles. The van der Waals surface area contributed by atoms with Crippen molar-refractivity contribution in [2.75, 3.05) is 6.54 Å². The molecule has 1 fully saturated rings. The van der Waals surface area contributed by atoms with Crippen molar-refractivity contribution in [3.05, 3.63) is 35.6 Å². The number of carbonyl (C=O) groups is 2. The van der Waals surface area contributed by atoms with E-state index in [2.05, 4.69) is 15.6 Å². The van der Waals surface area contributed by atoms with Crippen molar-refractivity contribution < 1.29 is 14.0 Å². The maximum atomic E-state index is 13.8. The van der Waals surface area contributed by atoms with Gasteiger partial charge >= 0.3 is 0 Å². The summed E-state index contributed by atoms with van der Waals surface area (Å²) in [6.45, 7) is 6.00. The molecule has 1 saturated heterocycles. The molecule has 0 radical (unpaired) electrons. The molecule has 0 unspecified atom stereocenters. The van der Waals surface area contributed by atoms with E-state index in [1.165, 1.54) is 17.8 Å². The van der Waals surface area contributed by atoms with E-state index in [-0.39, 0.29) is 24.1 Å². The Balaban J connectivity index is 2.05. The summed E-state index contributed by atoms with van der Waals surface area (Å²) in [6, 6.07) is 6.05. The lowest BCUT2D eigenvalue weighted by atomic mass is 10.0. The van der Waals surface area contributed by atoms with Crippen molar-refractivity contribution in [3.63, 3.8) is 0 Å². The van der Waals surface area contributed by atoms with Crippen molar-refractivity contribution in [2.24, 2.45) is 4.99 Å². The molecule has 1 aromatic carbocycles. The second kappa shape index (κ2) is 7.79. The lowest BCUT2D eigenvalue weighted by Crippen LogP contribution is -2.35. The van der Waals surface area contributed by atoms with Gasteiger partial charge in [-0.05, 0) is 33.3 Å². The largest absolute Gasteiger partial charge is 0.356 e. The minimum Gasteiger partial charge on any atom is -0.356 e. The first kappa shape index (κ1) is 18.4. The predicted molar refractivity (Wildman–Crippen MR) is 94.3 cm³/mol. The lowest BCUT2D eigenvalue weighted by molar-refractivity contribution is -0.122. The number of hydrogen-bond acceptors (Lipinski definition) is 4. The molecule has 1 aliphatic heterocycles. The van der Waals surface area contributed by atoms with E-state index in [9.17, 15) is 14.0 Å². The van der Waals surface area contributed by atoms with Crippen LogP contribution in [0.1, 0.15) is 45.2 Å². The standard InChI is InChI=1S/C17H22FN3O2S/c1-4-19-14(22)9-10-17(3)15(23)21-16(24-17)20-11(2)12-7-5-6-8-13(12)18/h5-8,11H,4,9-10H2,1-3H3,(H,19,22)(H,20,21,23)/t11-,17-/m0/s1. The monoisotopic (exact) mass is 351 g/mol. The number of amides is 2. The van der Waals surface area contributed by atoms with Crippen molar-refractivity contribution in [1.29, 1.82) is 0 Å². The predicted octanol–water partition coefficient (Wildman–Crippen LogP) is 2.78. The van der Waals surface area contributed by atoms with Crippen LogP contribution in [0.4, 0.5) is 4.39 Å². The summed E-state index contributed by atoms with van der Waals surface area (Å²) in [7, 11) is 0. The van der Waals surface area contributed by atoms with Gasteiger partial charge < -0.3 is 10.6 Å². The fourth-order valence-electron chi connectivity index (χ4n) is 2.43. The highest BCUT2D eigenvalue weighted by atomic mass is 32.2. The molecule has 5 nitrogen and oxygen atoms in total. The Bertz CT molecular complexity index is 665. The Labute approximate surface area is 145 Å². The van der Waals surface area contributed by atoms with E-state index in [0.29, 0.717) is 23.7 Å². The highest BCUT2D eigenvalue weighted by Gasteiger charge is 2.42. The van der Waals surface area contributed by atoms with Crippen LogP contribution in [0.2, 0.25) is 0 Å². The van der Waals surface area contributed by atoms with Gasteiger partial charge in [0.2, 0.25) is 11.8 Å². The molecule has 1 aromatic rings. The molecule has 0 aromatic heterocycles. The minimum absolute atomic E-state index is 0.0720. The summed E-state index contributed by atoms with van der Waals surface area (Å²) in [4.78, 5) is 28.3. The number of halogens is 1. The Morgan fingerprint density at radius 3 is 2.83 bits per heavy atom. The molecule has 0 bridgehead atoms. The van der Waals surface area contributed by atoms with E-state index in [1.54, 1.807) is 32.0 Å². The third kappa shape index (κ3) is 4.35. The molecule has 2 rings (SSSR count). The summed E-state index contributed by atoms with van der Waals surface area (Å²) in [5.74, 6) is -0.559. The fraction of sp³-hybridized carbons (Fsp3) is 0.471. The molecule has 1 heterocycles. The Kier molecular flexibility index (Phi) is 5.99. The number of benzene rings is 1. The van der Waals surface area contributed by atoms with Crippen molar-refractivity contribution in [3.8, 4) is 0 Å².